The van der Waals surface area contributed by atoms with Gasteiger partial charge in [-0.25, -0.2) is 4.79 Å². The Hall–Kier alpha value is -1.65. The first-order valence-electron chi connectivity index (χ1n) is 6.48. The predicted molar refractivity (Wildman–Crippen MR) is 67.9 cm³/mol. The van der Waals surface area contributed by atoms with Crippen molar-refractivity contribution in [1.82, 2.24) is 4.90 Å². The van der Waals surface area contributed by atoms with Gasteiger partial charge in [-0.2, -0.15) is 0 Å². The molecule has 1 aliphatic carbocycles. The number of imide groups is 1. The van der Waals surface area contributed by atoms with Gasteiger partial charge in [-0.15, -0.1) is 0 Å². The summed E-state index contributed by atoms with van der Waals surface area (Å²) in [6.07, 6.45) is 2.13. The highest BCUT2D eigenvalue weighted by atomic mass is 16.5. The number of piperidine rings is 1. The number of amides is 2. The van der Waals surface area contributed by atoms with E-state index < -0.39 is 5.97 Å². The standard InChI is InChI=1S/C14H19NO4/c1-5-8(13(18)19-4)6-7-15-11(16)9-10(12(15)17)14(9,2)3/h6,9-10H,5,7H2,1-4H3. The molecule has 2 amide bonds. The number of esters is 1. The molecule has 2 atom stereocenters. The van der Waals surface area contributed by atoms with Crippen molar-refractivity contribution in [3.63, 3.8) is 0 Å². The molecule has 1 saturated carbocycles. The van der Waals surface area contributed by atoms with E-state index in [4.69, 9.17) is 0 Å². The summed E-state index contributed by atoms with van der Waals surface area (Å²) in [6.45, 7) is 5.88. The number of carbonyl (C=O) groups is 3. The Kier molecular flexibility index (Phi) is 3.24. The Morgan fingerprint density at radius 3 is 2.26 bits per heavy atom. The molecular weight excluding hydrogens is 246 g/mol. The number of hydrogen-bond acceptors (Lipinski definition) is 4. The lowest BCUT2D eigenvalue weighted by molar-refractivity contribution is -0.142. The predicted octanol–water partition coefficient (Wildman–Crippen LogP) is 1.14. The number of nitrogens with zero attached hydrogens (tertiary/aromatic N) is 1. The first-order valence-corrected chi connectivity index (χ1v) is 6.48. The quantitative estimate of drug-likeness (QED) is 0.434. The van der Waals surface area contributed by atoms with Gasteiger partial charge >= 0.3 is 5.97 Å². The zero-order valence-electron chi connectivity index (χ0n) is 11.7. The molecule has 2 aliphatic rings. The molecule has 2 unspecified atom stereocenters. The molecule has 19 heavy (non-hydrogen) atoms. The molecule has 2 rings (SSSR count). The number of fused-ring (bicyclic) bond motifs is 1. The van der Waals surface area contributed by atoms with Gasteiger partial charge < -0.3 is 4.74 Å². The normalized spacial score (nSPS) is 28.4. The van der Waals surface area contributed by atoms with Crippen LogP contribution in [0.5, 0.6) is 0 Å². The number of likely N-dealkylation sites (tertiary alicyclic amines) is 1. The Morgan fingerprint density at radius 1 is 1.32 bits per heavy atom. The van der Waals surface area contributed by atoms with E-state index in [0.29, 0.717) is 12.0 Å². The van der Waals surface area contributed by atoms with Gasteiger partial charge in [-0.05, 0) is 11.8 Å². The number of rotatable bonds is 4. The van der Waals surface area contributed by atoms with Crippen LogP contribution in [0.2, 0.25) is 0 Å². The highest BCUT2D eigenvalue weighted by Gasteiger charge is 2.72. The lowest BCUT2D eigenvalue weighted by Crippen LogP contribution is -2.36. The third-order valence-electron chi connectivity index (χ3n) is 4.24. The van der Waals surface area contributed by atoms with Gasteiger partial charge in [0.05, 0.1) is 18.9 Å². The Balaban J connectivity index is 2.06. The van der Waals surface area contributed by atoms with E-state index in [9.17, 15) is 14.4 Å². The van der Waals surface area contributed by atoms with Gasteiger partial charge in [-0.3, -0.25) is 14.5 Å². The van der Waals surface area contributed by atoms with Crippen molar-refractivity contribution in [3.8, 4) is 0 Å². The fraction of sp³-hybridized carbons (Fsp3) is 0.643. The maximum atomic E-state index is 12.1. The van der Waals surface area contributed by atoms with E-state index in [-0.39, 0.29) is 35.6 Å². The highest BCUT2D eigenvalue weighted by Crippen LogP contribution is 2.63. The van der Waals surface area contributed by atoms with Crippen molar-refractivity contribution in [2.24, 2.45) is 17.3 Å². The molecule has 104 valence electrons. The van der Waals surface area contributed by atoms with Gasteiger partial charge in [0.25, 0.3) is 0 Å². The molecule has 0 aromatic rings. The average molecular weight is 265 g/mol. The zero-order chi connectivity index (χ0) is 14.4. The molecule has 2 fully saturated rings. The largest absolute Gasteiger partial charge is 0.466 e. The fourth-order valence-corrected chi connectivity index (χ4v) is 2.89. The number of carbonyl (C=O) groups excluding carboxylic acids is 3. The molecule has 0 radical (unpaired) electrons. The summed E-state index contributed by atoms with van der Waals surface area (Å²) < 4.78 is 4.64. The fourth-order valence-electron chi connectivity index (χ4n) is 2.89. The van der Waals surface area contributed by atoms with Crippen LogP contribution in [-0.2, 0) is 19.1 Å². The van der Waals surface area contributed by atoms with Gasteiger partial charge in [0.2, 0.25) is 11.8 Å². The van der Waals surface area contributed by atoms with Crippen LogP contribution in [0.25, 0.3) is 0 Å². The first kappa shape index (κ1) is 13.8. The summed E-state index contributed by atoms with van der Waals surface area (Å²) in [7, 11) is 1.32. The number of ether oxygens (including phenoxy) is 1. The minimum atomic E-state index is -0.410. The third-order valence-corrected chi connectivity index (χ3v) is 4.24. The van der Waals surface area contributed by atoms with Crippen LogP contribution in [0.1, 0.15) is 27.2 Å². The van der Waals surface area contributed by atoms with Crippen LogP contribution in [0.3, 0.4) is 0 Å². The van der Waals surface area contributed by atoms with Gasteiger partial charge in [0.15, 0.2) is 0 Å². The molecule has 5 nitrogen and oxygen atoms in total. The van der Waals surface area contributed by atoms with Crippen LogP contribution in [0.4, 0.5) is 0 Å². The maximum Gasteiger partial charge on any atom is 0.333 e. The van der Waals surface area contributed by atoms with Crippen molar-refractivity contribution >= 4 is 17.8 Å². The molecule has 1 saturated heterocycles. The molecule has 0 N–H and O–H groups in total. The first-order chi connectivity index (χ1) is 8.86. The summed E-state index contributed by atoms with van der Waals surface area (Å²) in [5, 5.41) is 0. The third kappa shape index (κ3) is 1.97. The molecule has 1 aliphatic heterocycles. The second-order valence-corrected chi connectivity index (χ2v) is 5.64. The molecule has 0 bridgehead atoms. The van der Waals surface area contributed by atoms with Crippen molar-refractivity contribution in [1.29, 1.82) is 0 Å². The number of methoxy groups -OCH3 is 1. The average Bonchev–Trinajstić information content (AvgIpc) is 2.84. The lowest BCUT2D eigenvalue weighted by Gasteiger charge is -2.19. The zero-order valence-corrected chi connectivity index (χ0v) is 11.7. The SMILES string of the molecule is CCC(=CCN1C(=O)C2C(C1=O)C2(C)C)C(=O)OC. The lowest BCUT2D eigenvalue weighted by atomic mass is 10.1. The molecule has 1 heterocycles. The van der Waals surface area contributed by atoms with Gasteiger partial charge in [0.1, 0.15) is 0 Å². The monoisotopic (exact) mass is 265 g/mol. The van der Waals surface area contributed by atoms with Crippen LogP contribution in [0, 0.1) is 17.3 Å². The van der Waals surface area contributed by atoms with E-state index in [0.717, 1.165) is 0 Å². The summed E-state index contributed by atoms with van der Waals surface area (Å²) in [5.74, 6) is -0.978. The highest BCUT2D eigenvalue weighted by molar-refractivity contribution is 6.10. The van der Waals surface area contributed by atoms with E-state index in [1.807, 2.05) is 20.8 Å². The molecule has 0 aromatic heterocycles. The number of hydrogen-bond donors (Lipinski definition) is 0. The summed E-state index contributed by atoms with van der Waals surface area (Å²) >= 11 is 0. The van der Waals surface area contributed by atoms with Crippen LogP contribution in [-0.4, -0.2) is 36.3 Å². The minimum Gasteiger partial charge on any atom is -0.466 e. The Morgan fingerprint density at radius 2 is 1.84 bits per heavy atom. The van der Waals surface area contributed by atoms with E-state index >= 15 is 0 Å². The molecule has 5 heteroatoms. The van der Waals surface area contributed by atoms with Gasteiger partial charge in [-0.1, -0.05) is 26.8 Å². The van der Waals surface area contributed by atoms with Crippen LogP contribution in [0.15, 0.2) is 11.6 Å². The topological polar surface area (TPSA) is 63.7 Å². The molecular formula is C14H19NO4. The van der Waals surface area contributed by atoms with Crippen molar-refractivity contribution in [2.45, 2.75) is 27.2 Å². The van der Waals surface area contributed by atoms with Crippen LogP contribution < -0.4 is 0 Å². The van der Waals surface area contributed by atoms with Gasteiger partial charge in [0, 0.05) is 12.1 Å². The van der Waals surface area contributed by atoms with E-state index in [2.05, 4.69) is 4.74 Å². The van der Waals surface area contributed by atoms with Crippen molar-refractivity contribution in [2.75, 3.05) is 13.7 Å². The Labute approximate surface area is 112 Å². The minimum absolute atomic E-state index is 0.114. The van der Waals surface area contributed by atoms with Crippen molar-refractivity contribution < 1.29 is 19.1 Å². The summed E-state index contributed by atoms with van der Waals surface area (Å²) in [4.78, 5) is 36.8. The smallest absolute Gasteiger partial charge is 0.333 e. The Bertz CT molecular complexity index is 454. The summed E-state index contributed by atoms with van der Waals surface area (Å²) in [5.41, 5.74) is 0.299. The second kappa shape index (κ2) is 4.47. The van der Waals surface area contributed by atoms with Crippen LogP contribution >= 0.6 is 0 Å². The molecule has 0 spiro atoms. The van der Waals surface area contributed by atoms with Crippen molar-refractivity contribution in [3.05, 3.63) is 11.6 Å². The van der Waals surface area contributed by atoms with E-state index in [1.165, 1.54) is 12.0 Å². The molecule has 0 aromatic carbocycles. The second-order valence-electron chi connectivity index (χ2n) is 5.64. The van der Waals surface area contributed by atoms with E-state index in [1.54, 1.807) is 6.08 Å². The summed E-state index contributed by atoms with van der Waals surface area (Å²) in [6, 6.07) is 0. The maximum absolute atomic E-state index is 12.1.